The van der Waals surface area contributed by atoms with Crippen molar-refractivity contribution in [3.8, 4) is 0 Å². The molecule has 0 bridgehead atoms. The maximum absolute atomic E-state index is 13.6. The van der Waals surface area contributed by atoms with Gasteiger partial charge in [-0.1, -0.05) is 72.9 Å². The minimum Gasteiger partial charge on any atom is -0.345 e. The number of nitrogens with zero attached hydrogens (tertiary/aromatic N) is 3. The zero-order valence-corrected chi connectivity index (χ0v) is 23.6. The molecule has 0 saturated heterocycles. The lowest BCUT2D eigenvalue weighted by Crippen LogP contribution is -2.44. The molecule has 1 aromatic heterocycles. The van der Waals surface area contributed by atoms with Crippen LogP contribution in [0, 0.1) is 5.92 Å². The van der Waals surface area contributed by atoms with Crippen LogP contribution in [0.4, 0.5) is 0 Å². The zero-order chi connectivity index (χ0) is 26.1. The van der Waals surface area contributed by atoms with Crippen LogP contribution in [0.25, 0.3) is 0 Å². The number of rotatable bonds is 12. The molecule has 36 heavy (non-hydrogen) atoms. The molecule has 192 valence electrons. The van der Waals surface area contributed by atoms with Gasteiger partial charge in [-0.25, -0.2) is 0 Å². The van der Waals surface area contributed by atoms with E-state index in [0.717, 1.165) is 33.6 Å². The predicted octanol–water partition coefficient (Wildman–Crippen LogP) is 6.88. The van der Waals surface area contributed by atoms with E-state index < -0.39 is 0 Å². The molecule has 2 aromatic carbocycles. The van der Waals surface area contributed by atoms with Gasteiger partial charge in [-0.15, -0.1) is 0 Å². The molecule has 0 radical (unpaired) electrons. The smallest absolute Gasteiger partial charge is 0.254 e. The summed E-state index contributed by atoms with van der Waals surface area (Å²) >= 11 is 9.81. The molecular formula is C29H35BrClN3O2. The summed E-state index contributed by atoms with van der Waals surface area (Å²) < 4.78 is 3.04. The van der Waals surface area contributed by atoms with E-state index in [0.29, 0.717) is 37.7 Å². The maximum atomic E-state index is 13.6. The fraction of sp³-hybridized carbons (Fsp3) is 0.379. The molecule has 0 atom stereocenters. The van der Waals surface area contributed by atoms with E-state index in [4.69, 9.17) is 11.6 Å². The molecule has 0 aliphatic carbocycles. The summed E-state index contributed by atoms with van der Waals surface area (Å²) in [7, 11) is 0. The Hall–Kier alpha value is -2.57. The Morgan fingerprint density at radius 1 is 1.00 bits per heavy atom. The minimum atomic E-state index is -0.115. The van der Waals surface area contributed by atoms with E-state index in [9.17, 15) is 9.59 Å². The molecule has 0 unspecified atom stereocenters. The summed E-state index contributed by atoms with van der Waals surface area (Å²) in [6, 6.07) is 19.1. The van der Waals surface area contributed by atoms with Crippen LogP contribution in [0.3, 0.4) is 0 Å². The maximum Gasteiger partial charge on any atom is 0.254 e. The Labute approximate surface area is 228 Å². The monoisotopic (exact) mass is 571 g/mol. The highest BCUT2D eigenvalue weighted by molar-refractivity contribution is 9.10. The highest BCUT2D eigenvalue weighted by Gasteiger charge is 2.23. The van der Waals surface area contributed by atoms with E-state index in [1.165, 1.54) is 0 Å². The van der Waals surface area contributed by atoms with Gasteiger partial charge < -0.3 is 14.4 Å². The molecule has 2 amide bonds. The van der Waals surface area contributed by atoms with Crippen molar-refractivity contribution in [2.45, 2.75) is 46.7 Å². The Bertz CT molecular complexity index is 1140. The molecule has 0 saturated carbocycles. The molecule has 5 nitrogen and oxygen atoms in total. The van der Waals surface area contributed by atoms with Crippen LogP contribution >= 0.6 is 27.5 Å². The standard InChI is InChI=1S/C29H35BrClN3O2/c1-4-5-16-33(29(36)23-12-14-25(30)15-13-23)21-28(35)34(18-22(2)3)20-26-10-8-17-32(26)19-24-9-6-7-11-27(24)31/h6-15,17,22H,4-5,16,18-21H2,1-3H3. The van der Waals surface area contributed by atoms with Crippen molar-refractivity contribution in [3.63, 3.8) is 0 Å². The van der Waals surface area contributed by atoms with Gasteiger partial charge in [0.15, 0.2) is 0 Å². The SMILES string of the molecule is CCCCN(CC(=O)N(Cc1cccn1Cc1ccccc1Cl)CC(C)C)C(=O)c1ccc(Br)cc1. The summed E-state index contributed by atoms with van der Waals surface area (Å²) in [6.07, 6.45) is 3.81. The molecule has 0 aliphatic heterocycles. The van der Waals surface area contributed by atoms with Crippen molar-refractivity contribution in [2.75, 3.05) is 19.6 Å². The lowest BCUT2D eigenvalue weighted by Gasteiger charge is -2.29. The summed E-state index contributed by atoms with van der Waals surface area (Å²) in [5.74, 6) is 0.138. The van der Waals surface area contributed by atoms with Crippen molar-refractivity contribution in [3.05, 3.63) is 93.2 Å². The number of hydrogen-bond acceptors (Lipinski definition) is 2. The first-order valence-electron chi connectivity index (χ1n) is 12.5. The molecule has 0 aliphatic rings. The molecule has 1 heterocycles. The number of hydrogen-bond donors (Lipinski definition) is 0. The summed E-state index contributed by atoms with van der Waals surface area (Å²) in [5, 5.41) is 0.727. The predicted molar refractivity (Wildman–Crippen MR) is 150 cm³/mol. The lowest BCUT2D eigenvalue weighted by atomic mass is 10.1. The van der Waals surface area contributed by atoms with Gasteiger partial charge in [-0.2, -0.15) is 0 Å². The Morgan fingerprint density at radius 3 is 2.39 bits per heavy atom. The van der Waals surface area contributed by atoms with Crippen LogP contribution in [0.1, 0.15) is 55.2 Å². The topological polar surface area (TPSA) is 45.6 Å². The number of unbranched alkanes of at least 4 members (excludes halogenated alkanes) is 1. The average molecular weight is 573 g/mol. The average Bonchev–Trinajstić information content (AvgIpc) is 3.29. The third-order valence-electron chi connectivity index (χ3n) is 6.00. The van der Waals surface area contributed by atoms with E-state index in [-0.39, 0.29) is 18.4 Å². The van der Waals surface area contributed by atoms with Crippen molar-refractivity contribution < 1.29 is 9.59 Å². The van der Waals surface area contributed by atoms with Crippen molar-refractivity contribution in [1.82, 2.24) is 14.4 Å². The molecule has 7 heteroatoms. The molecule has 3 rings (SSSR count). The fourth-order valence-electron chi connectivity index (χ4n) is 4.09. The molecule has 0 spiro atoms. The molecule has 0 N–H and O–H groups in total. The summed E-state index contributed by atoms with van der Waals surface area (Å²) in [5.41, 5.74) is 2.65. The molecular weight excluding hydrogens is 538 g/mol. The van der Waals surface area contributed by atoms with E-state index in [1.54, 1.807) is 17.0 Å². The normalized spacial score (nSPS) is 11.1. The van der Waals surface area contributed by atoms with Gasteiger partial charge in [0.05, 0.1) is 6.54 Å². The quantitative estimate of drug-likeness (QED) is 0.237. The third-order valence-corrected chi connectivity index (χ3v) is 6.90. The van der Waals surface area contributed by atoms with Crippen molar-refractivity contribution in [1.29, 1.82) is 0 Å². The van der Waals surface area contributed by atoms with Crippen LogP contribution in [0.2, 0.25) is 5.02 Å². The van der Waals surface area contributed by atoms with Gasteiger partial charge >= 0.3 is 0 Å². The van der Waals surface area contributed by atoms with Crippen LogP contribution in [0.5, 0.6) is 0 Å². The zero-order valence-electron chi connectivity index (χ0n) is 21.3. The Morgan fingerprint density at radius 2 is 1.72 bits per heavy atom. The lowest BCUT2D eigenvalue weighted by molar-refractivity contribution is -0.133. The third kappa shape index (κ3) is 7.97. The number of aromatic nitrogens is 1. The number of carbonyl (C=O) groups excluding carboxylic acids is 2. The number of carbonyl (C=O) groups is 2. The molecule has 3 aromatic rings. The second-order valence-corrected chi connectivity index (χ2v) is 10.8. The fourth-order valence-corrected chi connectivity index (χ4v) is 4.55. The van der Waals surface area contributed by atoms with Crippen LogP contribution < -0.4 is 0 Å². The van der Waals surface area contributed by atoms with Crippen LogP contribution in [0.15, 0.2) is 71.3 Å². The van der Waals surface area contributed by atoms with Crippen LogP contribution in [-0.4, -0.2) is 45.8 Å². The molecule has 0 fully saturated rings. The summed E-state index contributed by atoms with van der Waals surface area (Å²) in [4.78, 5) is 30.4. The van der Waals surface area contributed by atoms with Gasteiger partial charge in [0, 0.05) is 46.6 Å². The number of halogens is 2. The minimum absolute atomic E-state index is 0.0456. The van der Waals surface area contributed by atoms with Gasteiger partial charge in [0.1, 0.15) is 6.54 Å². The Kier molecular flexibility index (Phi) is 10.6. The van der Waals surface area contributed by atoms with E-state index in [1.807, 2.05) is 59.6 Å². The number of amides is 2. The van der Waals surface area contributed by atoms with Gasteiger partial charge in [0.2, 0.25) is 5.91 Å². The largest absolute Gasteiger partial charge is 0.345 e. The first kappa shape index (κ1) is 28.0. The van der Waals surface area contributed by atoms with Gasteiger partial charge in [0.25, 0.3) is 5.91 Å². The van der Waals surface area contributed by atoms with E-state index >= 15 is 0 Å². The van der Waals surface area contributed by atoms with Crippen LogP contribution in [-0.2, 0) is 17.9 Å². The second-order valence-electron chi connectivity index (χ2n) is 9.47. The second kappa shape index (κ2) is 13.7. The number of benzene rings is 2. The van der Waals surface area contributed by atoms with E-state index in [2.05, 4.69) is 41.3 Å². The Balaban J connectivity index is 1.78. The van der Waals surface area contributed by atoms with Gasteiger partial charge in [-0.05, 0) is 60.4 Å². The highest BCUT2D eigenvalue weighted by atomic mass is 79.9. The van der Waals surface area contributed by atoms with Crippen molar-refractivity contribution >= 4 is 39.3 Å². The first-order chi connectivity index (χ1) is 17.3. The summed E-state index contributed by atoms with van der Waals surface area (Å²) in [6.45, 7) is 8.63. The van der Waals surface area contributed by atoms with Gasteiger partial charge in [-0.3, -0.25) is 9.59 Å². The first-order valence-corrected chi connectivity index (χ1v) is 13.7. The van der Waals surface area contributed by atoms with Crippen molar-refractivity contribution in [2.24, 2.45) is 5.92 Å². The highest BCUT2D eigenvalue weighted by Crippen LogP contribution is 2.19.